The maximum atomic E-state index is 4.21. The van der Waals surface area contributed by atoms with E-state index >= 15 is 0 Å². The van der Waals surface area contributed by atoms with Gasteiger partial charge >= 0.3 is 0 Å². The zero-order chi connectivity index (χ0) is 13.3. The van der Waals surface area contributed by atoms with Crippen LogP contribution < -0.4 is 10.6 Å². The average molecular weight is 404 g/mol. The summed E-state index contributed by atoms with van der Waals surface area (Å²) in [5, 5.41) is 8.74. The Bertz CT molecular complexity index is 437. The molecule has 0 saturated carbocycles. The lowest BCUT2D eigenvalue weighted by molar-refractivity contribution is 0.665. The molecule has 0 radical (unpaired) electrons. The fraction of sp³-hybridized carbons (Fsp3) is 0.357. The second-order valence-electron chi connectivity index (χ2n) is 4.18. The first-order chi connectivity index (χ1) is 9.38. The van der Waals surface area contributed by atoms with E-state index in [1.807, 2.05) is 12.1 Å². The van der Waals surface area contributed by atoms with Gasteiger partial charge in [-0.15, -0.1) is 35.3 Å². The normalized spacial score (nSPS) is 10.9. The number of nitrogens with zero attached hydrogens (tertiary/aromatic N) is 2. The Morgan fingerprint density at radius 2 is 1.95 bits per heavy atom. The van der Waals surface area contributed by atoms with E-state index in [2.05, 4.69) is 50.1 Å². The summed E-state index contributed by atoms with van der Waals surface area (Å²) in [6.07, 6.45) is 5.17. The van der Waals surface area contributed by atoms with Crippen LogP contribution in [0.25, 0.3) is 0 Å². The van der Waals surface area contributed by atoms with Gasteiger partial charge in [0.25, 0.3) is 0 Å². The second kappa shape index (κ2) is 9.82. The van der Waals surface area contributed by atoms with Crippen LogP contribution in [0.5, 0.6) is 0 Å². The third kappa shape index (κ3) is 5.96. The van der Waals surface area contributed by atoms with Gasteiger partial charge in [0, 0.05) is 44.0 Å². The van der Waals surface area contributed by atoms with E-state index in [9.17, 15) is 0 Å². The summed E-state index contributed by atoms with van der Waals surface area (Å²) in [4.78, 5) is 5.61. The molecule has 0 aliphatic heterocycles. The first-order valence-corrected chi connectivity index (χ1v) is 7.34. The highest BCUT2D eigenvalue weighted by Crippen LogP contribution is 2.07. The van der Waals surface area contributed by atoms with Gasteiger partial charge in [0.15, 0.2) is 5.96 Å². The van der Waals surface area contributed by atoms with E-state index in [-0.39, 0.29) is 24.0 Å². The van der Waals surface area contributed by atoms with Crippen LogP contribution in [0.3, 0.4) is 0 Å². The van der Waals surface area contributed by atoms with Gasteiger partial charge in [-0.3, -0.25) is 4.99 Å². The topological polar surface area (TPSA) is 41.4 Å². The minimum absolute atomic E-state index is 0. The second-order valence-corrected chi connectivity index (χ2v) is 5.21. The molecule has 0 fully saturated rings. The largest absolute Gasteiger partial charge is 0.356 e. The predicted molar refractivity (Wildman–Crippen MR) is 97.2 cm³/mol. The first kappa shape index (κ1) is 17.0. The third-order valence-electron chi connectivity index (χ3n) is 2.80. The number of guanidine groups is 1. The fourth-order valence-corrected chi connectivity index (χ4v) is 2.51. The van der Waals surface area contributed by atoms with Crippen molar-refractivity contribution in [3.05, 3.63) is 46.9 Å². The number of rotatable bonds is 6. The Kier molecular flexibility index (Phi) is 8.36. The Hall–Kier alpha value is -1.02. The molecule has 0 atom stereocenters. The lowest BCUT2D eigenvalue weighted by atomic mass is 10.3. The summed E-state index contributed by atoms with van der Waals surface area (Å²) in [7, 11) is 1.80. The van der Waals surface area contributed by atoms with Crippen LogP contribution in [-0.2, 0) is 13.0 Å². The molecule has 0 unspecified atom stereocenters. The van der Waals surface area contributed by atoms with Crippen LogP contribution in [0.4, 0.5) is 0 Å². The lowest BCUT2D eigenvalue weighted by Crippen LogP contribution is -2.39. The first-order valence-electron chi connectivity index (χ1n) is 6.46. The minimum atomic E-state index is 0. The van der Waals surface area contributed by atoms with Crippen molar-refractivity contribution >= 4 is 41.3 Å². The van der Waals surface area contributed by atoms with E-state index in [0.717, 1.165) is 32.0 Å². The summed E-state index contributed by atoms with van der Waals surface area (Å²) in [5.74, 6) is 0.865. The molecule has 2 heterocycles. The molecule has 0 aromatic carbocycles. The summed E-state index contributed by atoms with van der Waals surface area (Å²) in [6, 6.07) is 8.32. The number of hydrogen-bond donors (Lipinski definition) is 2. The Morgan fingerprint density at radius 3 is 2.60 bits per heavy atom. The van der Waals surface area contributed by atoms with Gasteiger partial charge in [0.05, 0.1) is 0 Å². The lowest BCUT2D eigenvalue weighted by Gasteiger charge is -2.11. The van der Waals surface area contributed by atoms with E-state index in [1.165, 1.54) is 4.88 Å². The molecular weight excluding hydrogens is 383 g/mol. The molecule has 20 heavy (non-hydrogen) atoms. The van der Waals surface area contributed by atoms with Crippen molar-refractivity contribution in [2.45, 2.75) is 13.0 Å². The molecule has 6 heteroatoms. The summed E-state index contributed by atoms with van der Waals surface area (Å²) in [5.41, 5.74) is 0. The molecule has 110 valence electrons. The van der Waals surface area contributed by atoms with Crippen molar-refractivity contribution in [3.63, 3.8) is 0 Å². The number of hydrogen-bond acceptors (Lipinski definition) is 2. The van der Waals surface area contributed by atoms with Crippen LogP contribution >= 0.6 is 35.3 Å². The zero-order valence-corrected chi connectivity index (χ0v) is 14.7. The van der Waals surface area contributed by atoms with Crippen molar-refractivity contribution in [1.82, 2.24) is 15.2 Å². The van der Waals surface area contributed by atoms with Crippen molar-refractivity contribution in [3.8, 4) is 0 Å². The zero-order valence-electron chi connectivity index (χ0n) is 11.6. The molecular formula is C14H21IN4S. The number of halogens is 1. The SMILES string of the molecule is CN=C(NCCc1cccs1)NCCn1cccc1.I. The van der Waals surface area contributed by atoms with Gasteiger partial charge in [-0.25, -0.2) is 0 Å². The minimum Gasteiger partial charge on any atom is -0.356 e. The molecule has 4 nitrogen and oxygen atoms in total. The molecule has 2 N–H and O–H groups in total. The van der Waals surface area contributed by atoms with E-state index < -0.39 is 0 Å². The molecule has 0 amide bonds. The third-order valence-corrected chi connectivity index (χ3v) is 3.73. The van der Waals surface area contributed by atoms with E-state index in [4.69, 9.17) is 0 Å². The molecule has 2 aromatic rings. The molecule has 0 aliphatic carbocycles. The van der Waals surface area contributed by atoms with Crippen LogP contribution in [0.15, 0.2) is 47.0 Å². The number of thiophene rings is 1. The number of nitrogens with one attached hydrogen (secondary N) is 2. The predicted octanol–water partition coefficient (Wildman–Crippen LogP) is 2.58. The number of aromatic nitrogens is 1. The highest BCUT2D eigenvalue weighted by molar-refractivity contribution is 14.0. The van der Waals surface area contributed by atoms with E-state index in [1.54, 1.807) is 18.4 Å². The molecule has 0 saturated heterocycles. The molecule has 0 bridgehead atoms. The summed E-state index contributed by atoms with van der Waals surface area (Å²) in [6.45, 7) is 2.72. The van der Waals surface area contributed by atoms with Crippen LogP contribution in [0, 0.1) is 0 Å². The smallest absolute Gasteiger partial charge is 0.191 e. The maximum absolute atomic E-state index is 4.21. The Labute approximate surface area is 141 Å². The van der Waals surface area contributed by atoms with Gasteiger partial charge in [0.2, 0.25) is 0 Å². The van der Waals surface area contributed by atoms with Gasteiger partial charge < -0.3 is 15.2 Å². The van der Waals surface area contributed by atoms with Crippen molar-refractivity contribution < 1.29 is 0 Å². The molecule has 2 aromatic heterocycles. The van der Waals surface area contributed by atoms with Crippen LogP contribution in [0.1, 0.15) is 4.88 Å². The van der Waals surface area contributed by atoms with Gasteiger partial charge in [-0.05, 0) is 30.0 Å². The van der Waals surface area contributed by atoms with E-state index in [0.29, 0.717) is 0 Å². The Balaban J connectivity index is 0.00000200. The monoisotopic (exact) mass is 404 g/mol. The maximum Gasteiger partial charge on any atom is 0.191 e. The molecule has 0 spiro atoms. The van der Waals surface area contributed by atoms with Gasteiger partial charge in [0.1, 0.15) is 0 Å². The van der Waals surface area contributed by atoms with Gasteiger partial charge in [-0.1, -0.05) is 6.07 Å². The average Bonchev–Trinajstić information content (AvgIpc) is 3.10. The van der Waals surface area contributed by atoms with Gasteiger partial charge in [-0.2, -0.15) is 0 Å². The van der Waals surface area contributed by atoms with Crippen LogP contribution in [-0.4, -0.2) is 30.7 Å². The van der Waals surface area contributed by atoms with Crippen molar-refractivity contribution in [2.24, 2.45) is 4.99 Å². The molecule has 2 rings (SSSR count). The quantitative estimate of drug-likeness (QED) is 0.442. The van der Waals surface area contributed by atoms with Crippen molar-refractivity contribution in [2.75, 3.05) is 20.1 Å². The summed E-state index contributed by atoms with van der Waals surface area (Å²) >= 11 is 1.79. The molecule has 0 aliphatic rings. The standard InChI is InChI=1S/C14H20N4S.HI/c1-15-14(16-7-6-13-5-4-12-19-13)17-8-11-18-9-2-3-10-18;/h2-5,9-10,12H,6-8,11H2,1H3,(H2,15,16,17);1H. The highest BCUT2D eigenvalue weighted by Gasteiger charge is 1.98. The fourth-order valence-electron chi connectivity index (χ4n) is 1.80. The summed E-state index contributed by atoms with van der Waals surface area (Å²) < 4.78 is 2.14. The number of aliphatic imine (C=N–C) groups is 1. The highest BCUT2D eigenvalue weighted by atomic mass is 127. The Morgan fingerprint density at radius 1 is 1.20 bits per heavy atom. The van der Waals surface area contributed by atoms with Crippen LogP contribution in [0.2, 0.25) is 0 Å². The van der Waals surface area contributed by atoms with Crippen molar-refractivity contribution in [1.29, 1.82) is 0 Å².